The number of nitrogens with one attached hydrogen (secondary N) is 1. The number of benzene rings is 1. The molecule has 0 aliphatic carbocycles. The summed E-state index contributed by atoms with van der Waals surface area (Å²) in [6.45, 7) is 0. The van der Waals surface area contributed by atoms with Gasteiger partial charge in [-0.05, 0) is 18.2 Å². The standard InChI is InChI=1S/C21H17ClN6O5S4/c1-33-24-6-14(29)27-21(13-8-34-19(23)26-13)10(17(18(31)32)28-15(30)5-16(28)37-21)7-35-20-25-11-4-9(22)2-3-12(11)36-20/h2-4,6,8,16H,5,7H2,1H3,(H2,23,26)(H,27,29)(H,31,32)/t16-,21?/m0/s1. The van der Waals surface area contributed by atoms with Gasteiger partial charge in [-0.15, -0.1) is 22.7 Å². The highest BCUT2D eigenvalue weighted by Gasteiger charge is 2.56. The topological polar surface area (TPSA) is 160 Å². The van der Waals surface area contributed by atoms with Crippen molar-refractivity contribution in [3.8, 4) is 0 Å². The fourth-order valence-corrected chi connectivity index (χ4v) is 8.70. The van der Waals surface area contributed by atoms with Gasteiger partial charge in [-0.2, -0.15) is 0 Å². The number of nitrogens with zero attached hydrogens (tertiary/aromatic N) is 4. The number of thiazole rings is 2. The smallest absolute Gasteiger partial charge is 0.352 e. The van der Waals surface area contributed by atoms with Crippen molar-refractivity contribution in [2.45, 2.75) is 21.0 Å². The first-order valence-electron chi connectivity index (χ1n) is 10.5. The molecule has 0 spiro atoms. The molecule has 1 saturated heterocycles. The molecule has 0 saturated carbocycles. The van der Waals surface area contributed by atoms with Crippen molar-refractivity contribution >= 4 is 97.1 Å². The summed E-state index contributed by atoms with van der Waals surface area (Å²) in [5.41, 5.74) is 7.06. The molecule has 37 heavy (non-hydrogen) atoms. The maximum atomic E-state index is 12.9. The van der Waals surface area contributed by atoms with E-state index in [1.807, 2.05) is 6.07 Å². The average molecular weight is 597 g/mol. The number of hydrogen-bond donors (Lipinski definition) is 3. The molecule has 2 amide bonds. The number of aliphatic carboxylic acids is 1. The Morgan fingerprint density at radius 3 is 2.95 bits per heavy atom. The number of carbonyl (C=O) groups excluding carboxylic acids is 2. The Labute approximate surface area is 231 Å². The quantitative estimate of drug-likeness (QED) is 0.152. The third kappa shape index (κ3) is 4.77. The zero-order valence-electron chi connectivity index (χ0n) is 18.8. The second-order valence-corrected chi connectivity index (χ2v) is 12.7. The number of oxime groups is 1. The lowest BCUT2D eigenvalue weighted by Gasteiger charge is -2.51. The summed E-state index contributed by atoms with van der Waals surface area (Å²) in [7, 11) is 1.30. The van der Waals surface area contributed by atoms with E-state index < -0.39 is 22.1 Å². The van der Waals surface area contributed by atoms with E-state index in [0.29, 0.717) is 20.6 Å². The van der Waals surface area contributed by atoms with Crippen LogP contribution in [0.15, 0.2) is 44.3 Å². The highest BCUT2D eigenvalue weighted by Crippen LogP contribution is 2.55. The molecule has 1 aromatic carbocycles. The van der Waals surface area contributed by atoms with Gasteiger partial charge in [0.1, 0.15) is 19.0 Å². The SMILES string of the molecule is CON=CC(=O)NC1(c2csc(N)n2)S[C@H]2CC(=O)N2C(C(=O)O)=C1CSc1nc2cc(Cl)ccc2s1. The fourth-order valence-electron chi connectivity index (χ4n) is 3.95. The van der Waals surface area contributed by atoms with Crippen LogP contribution in [-0.2, 0) is 24.1 Å². The van der Waals surface area contributed by atoms with Crippen molar-refractivity contribution in [2.24, 2.45) is 5.16 Å². The zero-order chi connectivity index (χ0) is 26.3. The van der Waals surface area contributed by atoms with Gasteiger partial charge in [0.25, 0.3) is 5.91 Å². The molecular formula is C21H17ClN6O5S4. The van der Waals surface area contributed by atoms with Crippen LogP contribution in [0.2, 0.25) is 5.02 Å². The van der Waals surface area contributed by atoms with Crippen LogP contribution in [0.4, 0.5) is 5.13 Å². The van der Waals surface area contributed by atoms with Crippen LogP contribution in [0.25, 0.3) is 10.2 Å². The van der Waals surface area contributed by atoms with Crippen molar-refractivity contribution in [3.05, 3.63) is 45.6 Å². The first kappa shape index (κ1) is 25.8. The van der Waals surface area contributed by atoms with Gasteiger partial charge in [0, 0.05) is 21.7 Å². The van der Waals surface area contributed by atoms with Gasteiger partial charge in [0.05, 0.1) is 27.7 Å². The number of hydrogen-bond acceptors (Lipinski definition) is 12. The van der Waals surface area contributed by atoms with E-state index in [-0.39, 0.29) is 34.5 Å². The van der Waals surface area contributed by atoms with Gasteiger partial charge in [0.2, 0.25) is 5.91 Å². The van der Waals surface area contributed by atoms with Crippen LogP contribution in [0, 0.1) is 0 Å². The van der Waals surface area contributed by atoms with Crippen molar-refractivity contribution < 1.29 is 24.3 Å². The van der Waals surface area contributed by atoms with Gasteiger partial charge < -0.3 is 21.0 Å². The average Bonchev–Trinajstić information content (AvgIpc) is 3.46. The molecule has 192 valence electrons. The van der Waals surface area contributed by atoms with E-state index in [0.717, 1.165) is 22.3 Å². The summed E-state index contributed by atoms with van der Waals surface area (Å²) in [5, 5.41) is 18.6. The van der Waals surface area contributed by atoms with Crippen LogP contribution in [0.1, 0.15) is 12.1 Å². The molecule has 0 bridgehead atoms. The Morgan fingerprint density at radius 2 is 2.27 bits per heavy atom. The minimum Gasteiger partial charge on any atom is -0.477 e. The lowest BCUT2D eigenvalue weighted by molar-refractivity contribution is -0.146. The predicted molar refractivity (Wildman–Crippen MR) is 145 cm³/mol. The highest BCUT2D eigenvalue weighted by molar-refractivity contribution is 8.02. The summed E-state index contributed by atoms with van der Waals surface area (Å²) in [6.07, 6.45) is 1.06. The number of nitrogens with two attached hydrogens (primary N) is 1. The zero-order valence-corrected chi connectivity index (χ0v) is 22.9. The lowest BCUT2D eigenvalue weighted by atomic mass is 9.98. The summed E-state index contributed by atoms with van der Waals surface area (Å²) >= 11 is 11.2. The molecular weight excluding hydrogens is 580 g/mol. The summed E-state index contributed by atoms with van der Waals surface area (Å²) in [4.78, 5) is 51.4. The number of carbonyl (C=O) groups is 3. The molecule has 1 fully saturated rings. The second-order valence-electron chi connectivity index (χ2n) is 7.71. The molecule has 16 heteroatoms. The summed E-state index contributed by atoms with van der Waals surface area (Å²) in [6, 6.07) is 5.37. The number of thioether (sulfide) groups is 2. The first-order chi connectivity index (χ1) is 17.7. The first-order valence-corrected chi connectivity index (χ1v) is 14.4. The molecule has 4 heterocycles. The van der Waals surface area contributed by atoms with Gasteiger partial charge in [-0.1, -0.05) is 40.3 Å². The Kier molecular flexibility index (Phi) is 7.06. The Hall–Kier alpha value is -2.85. The number of nitrogen functional groups attached to an aromatic ring is 1. The van der Waals surface area contributed by atoms with E-state index in [1.165, 1.54) is 46.9 Å². The molecule has 5 rings (SSSR count). The van der Waals surface area contributed by atoms with E-state index >= 15 is 0 Å². The van der Waals surface area contributed by atoms with Crippen molar-refractivity contribution in [2.75, 3.05) is 18.6 Å². The molecule has 2 aliphatic rings. The number of fused-ring (bicyclic) bond motifs is 2. The number of carboxylic acid groups (broad SMARTS) is 1. The Balaban J connectivity index is 1.63. The van der Waals surface area contributed by atoms with Gasteiger partial charge in [0.15, 0.2) is 14.3 Å². The number of β-lactam (4-membered cyclic amide) rings is 1. The predicted octanol–water partition coefficient (Wildman–Crippen LogP) is 3.33. The number of amides is 2. The van der Waals surface area contributed by atoms with Gasteiger partial charge >= 0.3 is 5.97 Å². The minimum atomic E-state index is -1.44. The minimum absolute atomic E-state index is 0.0812. The summed E-state index contributed by atoms with van der Waals surface area (Å²) in [5.74, 6) is -2.16. The van der Waals surface area contributed by atoms with E-state index in [9.17, 15) is 19.5 Å². The van der Waals surface area contributed by atoms with E-state index in [2.05, 4.69) is 25.3 Å². The highest BCUT2D eigenvalue weighted by atomic mass is 35.5. The lowest BCUT2D eigenvalue weighted by Crippen LogP contribution is -2.61. The van der Waals surface area contributed by atoms with Crippen LogP contribution < -0.4 is 11.1 Å². The molecule has 11 nitrogen and oxygen atoms in total. The van der Waals surface area contributed by atoms with Gasteiger partial charge in [-0.25, -0.2) is 14.8 Å². The monoisotopic (exact) mass is 596 g/mol. The van der Waals surface area contributed by atoms with Crippen LogP contribution >= 0.6 is 57.8 Å². The number of halogens is 1. The van der Waals surface area contributed by atoms with Crippen molar-refractivity contribution in [1.29, 1.82) is 0 Å². The molecule has 1 unspecified atom stereocenters. The molecule has 2 aliphatic heterocycles. The van der Waals surface area contributed by atoms with Crippen LogP contribution in [-0.4, -0.2) is 62.2 Å². The second kappa shape index (κ2) is 10.1. The normalized spacial score (nSPS) is 21.3. The fraction of sp³-hybridized carbons (Fsp3) is 0.238. The Bertz CT molecular complexity index is 1490. The largest absolute Gasteiger partial charge is 0.477 e. The Morgan fingerprint density at radius 1 is 1.46 bits per heavy atom. The van der Waals surface area contributed by atoms with Crippen LogP contribution in [0.5, 0.6) is 0 Å². The van der Waals surface area contributed by atoms with E-state index in [4.69, 9.17) is 17.3 Å². The maximum Gasteiger partial charge on any atom is 0.352 e. The van der Waals surface area contributed by atoms with Crippen molar-refractivity contribution in [3.63, 3.8) is 0 Å². The number of rotatable bonds is 8. The van der Waals surface area contributed by atoms with Gasteiger partial charge in [-0.3, -0.25) is 14.5 Å². The third-order valence-electron chi connectivity index (χ3n) is 5.50. The van der Waals surface area contributed by atoms with Crippen LogP contribution in [0.3, 0.4) is 0 Å². The number of anilines is 1. The number of carboxylic acids is 1. The van der Waals surface area contributed by atoms with E-state index in [1.54, 1.807) is 17.5 Å². The summed E-state index contributed by atoms with van der Waals surface area (Å²) < 4.78 is 1.58. The molecule has 2 aromatic heterocycles. The molecule has 4 N–H and O–H groups in total. The van der Waals surface area contributed by atoms with Crippen molar-refractivity contribution in [1.82, 2.24) is 20.2 Å². The third-order valence-corrected chi connectivity index (χ3v) is 10.2. The molecule has 3 aromatic rings. The number of aromatic nitrogens is 2. The molecule has 0 radical (unpaired) electrons. The molecule has 2 atom stereocenters. The maximum absolute atomic E-state index is 12.9.